The first-order valence-corrected chi connectivity index (χ1v) is 8.18. The number of benzene rings is 1. The third kappa shape index (κ3) is 6.35. The van der Waals surface area contributed by atoms with Crippen LogP contribution in [0.1, 0.15) is 38.3 Å². The Kier molecular flexibility index (Phi) is 8.38. The average Bonchev–Trinajstić information content (AvgIpc) is 2.42. The number of halogens is 1. The zero-order chi connectivity index (χ0) is 15.0. The Hall–Kier alpha value is -0.420. The third-order valence-electron chi connectivity index (χ3n) is 3.46. The van der Waals surface area contributed by atoms with Crippen LogP contribution in [0, 0.1) is 0 Å². The van der Waals surface area contributed by atoms with Gasteiger partial charge in [0.2, 0.25) is 0 Å². The molecule has 2 atom stereocenters. The van der Waals surface area contributed by atoms with Crippen LogP contribution in [-0.2, 0) is 0 Å². The van der Waals surface area contributed by atoms with E-state index in [1.807, 2.05) is 13.0 Å². The molecule has 0 radical (unpaired) electrons. The van der Waals surface area contributed by atoms with Crippen molar-refractivity contribution in [1.29, 1.82) is 0 Å². The summed E-state index contributed by atoms with van der Waals surface area (Å²) in [6, 6.07) is 8.77. The van der Waals surface area contributed by atoms with Crippen molar-refractivity contribution in [2.24, 2.45) is 0 Å². The molecule has 0 spiro atoms. The molecule has 1 rings (SSSR count). The van der Waals surface area contributed by atoms with Crippen molar-refractivity contribution in [2.75, 3.05) is 26.7 Å². The van der Waals surface area contributed by atoms with E-state index in [-0.39, 0.29) is 6.10 Å². The molecular weight excluding hydrogens is 316 g/mol. The van der Waals surface area contributed by atoms with Crippen LogP contribution in [0.4, 0.5) is 0 Å². The van der Waals surface area contributed by atoms with E-state index in [2.05, 4.69) is 58.3 Å². The summed E-state index contributed by atoms with van der Waals surface area (Å²) < 4.78 is 1.16. The van der Waals surface area contributed by atoms with Crippen LogP contribution >= 0.6 is 15.9 Å². The van der Waals surface area contributed by atoms with E-state index < -0.39 is 0 Å². The molecule has 20 heavy (non-hydrogen) atoms. The quantitative estimate of drug-likeness (QED) is 0.723. The largest absolute Gasteiger partial charge is 0.393 e. The summed E-state index contributed by atoms with van der Waals surface area (Å²) in [4.78, 5) is 2.29. The van der Waals surface area contributed by atoms with Gasteiger partial charge in [0.25, 0.3) is 0 Å². The number of nitrogens with zero attached hydrogens (tertiary/aromatic N) is 1. The highest BCUT2D eigenvalue weighted by Crippen LogP contribution is 2.25. The average molecular weight is 343 g/mol. The summed E-state index contributed by atoms with van der Waals surface area (Å²) in [5, 5.41) is 12.9. The van der Waals surface area contributed by atoms with Crippen molar-refractivity contribution >= 4 is 15.9 Å². The molecule has 1 aromatic carbocycles. The minimum Gasteiger partial charge on any atom is -0.393 e. The maximum Gasteiger partial charge on any atom is 0.0524 e. The Bertz CT molecular complexity index is 384. The second-order valence-corrected chi connectivity index (χ2v) is 6.22. The minimum atomic E-state index is -0.217. The summed E-state index contributed by atoms with van der Waals surface area (Å²) in [6.07, 6.45) is 1.68. The predicted molar refractivity (Wildman–Crippen MR) is 89.0 cm³/mol. The molecule has 0 aliphatic carbocycles. The van der Waals surface area contributed by atoms with Crippen molar-refractivity contribution in [3.05, 3.63) is 34.3 Å². The van der Waals surface area contributed by atoms with Gasteiger partial charge < -0.3 is 15.3 Å². The highest BCUT2D eigenvalue weighted by Gasteiger charge is 2.14. The van der Waals surface area contributed by atoms with Gasteiger partial charge in [-0.25, -0.2) is 0 Å². The standard InChI is InChI=1S/C16H27BrN2O/c1-4-18-16(14-7-5-6-8-15(14)17)10-12-19(3)11-9-13(2)20/h5-8,13,16,18,20H,4,9-12H2,1-3H3. The molecule has 0 bridgehead atoms. The highest BCUT2D eigenvalue weighted by molar-refractivity contribution is 9.10. The van der Waals surface area contributed by atoms with E-state index in [0.29, 0.717) is 6.04 Å². The molecule has 0 saturated heterocycles. The van der Waals surface area contributed by atoms with Crippen LogP contribution in [0.3, 0.4) is 0 Å². The van der Waals surface area contributed by atoms with Crippen molar-refractivity contribution in [3.8, 4) is 0 Å². The van der Waals surface area contributed by atoms with Crippen molar-refractivity contribution in [1.82, 2.24) is 10.2 Å². The highest BCUT2D eigenvalue weighted by atomic mass is 79.9. The molecule has 0 aliphatic heterocycles. The zero-order valence-corrected chi connectivity index (χ0v) is 14.4. The van der Waals surface area contributed by atoms with E-state index in [1.165, 1.54) is 5.56 Å². The fraction of sp³-hybridized carbons (Fsp3) is 0.625. The summed E-state index contributed by atoms with van der Waals surface area (Å²) in [6.45, 7) is 6.90. The maximum absolute atomic E-state index is 9.33. The summed E-state index contributed by atoms with van der Waals surface area (Å²) in [5.41, 5.74) is 1.32. The van der Waals surface area contributed by atoms with Gasteiger partial charge in [-0.15, -0.1) is 0 Å². The Morgan fingerprint density at radius 1 is 1.25 bits per heavy atom. The van der Waals surface area contributed by atoms with Gasteiger partial charge in [-0.05, 0) is 51.5 Å². The van der Waals surface area contributed by atoms with Crippen molar-refractivity contribution < 1.29 is 5.11 Å². The monoisotopic (exact) mass is 342 g/mol. The van der Waals surface area contributed by atoms with Crippen LogP contribution < -0.4 is 5.32 Å². The van der Waals surface area contributed by atoms with Crippen molar-refractivity contribution in [3.63, 3.8) is 0 Å². The van der Waals surface area contributed by atoms with Crippen LogP contribution in [0.25, 0.3) is 0 Å². The van der Waals surface area contributed by atoms with E-state index in [9.17, 15) is 5.11 Å². The summed E-state index contributed by atoms with van der Waals surface area (Å²) in [5.74, 6) is 0. The normalized spacial score (nSPS) is 14.5. The van der Waals surface area contributed by atoms with E-state index in [1.54, 1.807) is 0 Å². The van der Waals surface area contributed by atoms with Gasteiger partial charge in [-0.2, -0.15) is 0 Å². The van der Waals surface area contributed by atoms with Crippen LogP contribution in [0.2, 0.25) is 0 Å². The number of hydrogen-bond acceptors (Lipinski definition) is 3. The lowest BCUT2D eigenvalue weighted by molar-refractivity contribution is 0.163. The molecule has 3 nitrogen and oxygen atoms in total. The van der Waals surface area contributed by atoms with Crippen LogP contribution in [-0.4, -0.2) is 42.8 Å². The number of rotatable bonds is 9. The topological polar surface area (TPSA) is 35.5 Å². The lowest BCUT2D eigenvalue weighted by Crippen LogP contribution is -2.29. The first kappa shape index (κ1) is 17.6. The molecule has 2 N–H and O–H groups in total. The molecule has 0 saturated carbocycles. The number of nitrogens with one attached hydrogen (secondary N) is 1. The number of aliphatic hydroxyl groups is 1. The van der Waals surface area contributed by atoms with Crippen molar-refractivity contribution in [2.45, 2.75) is 38.8 Å². The fourth-order valence-electron chi connectivity index (χ4n) is 2.24. The Labute approximate surface area is 131 Å². The second kappa shape index (κ2) is 9.50. The van der Waals surface area contributed by atoms with Crippen LogP contribution in [0.5, 0.6) is 0 Å². The van der Waals surface area contributed by atoms with Gasteiger partial charge in [0.15, 0.2) is 0 Å². The second-order valence-electron chi connectivity index (χ2n) is 5.36. The van der Waals surface area contributed by atoms with E-state index in [4.69, 9.17) is 0 Å². The zero-order valence-electron chi connectivity index (χ0n) is 12.8. The molecule has 4 heteroatoms. The van der Waals surface area contributed by atoms with Gasteiger partial charge in [0, 0.05) is 17.1 Å². The van der Waals surface area contributed by atoms with Gasteiger partial charge in [0.1, 0.15) is 0 Å². The van der Waals surface area contributed by atoms with Gasteiger partial charge >= 0.3 is 0 Å². The van der Waals surface area contributed by atoms with Gasteiger partial charge in [0.05, 0.1) is 6.10 Å². The lowest BCUT2D eigenvalue weighted by Gasteiger charge is -2.24. The molecule has 114 valence electrons. The SMILES string of the molecule is CCNC(CCN(C)CCC(C)O)c1ccccc1Br. The Morgan fingerprint density at radius 2 is 1.90 bits per heavy atom. The molecule has 1 aromatic rings. The first-order chi connectivity index (χ1) is 9.54. The molecule has 0 heterocycles. The molecule has 2 unspecified atom stereocenters. The van der Waals surface area contributed by atoms with Crippen LogP contribution in [0.15, 0.2) is 28.7 Å². The van der Waals surface area contributed by atoms with Gasteiger partial charge in [-0.1, -0.05) is 41.1 Å². The molecule has 0 fully saturated rings. The maximum atomic E-state index is 9.33. The smallest absolute Gasteiger partial charge is 0.0524 e. The first-order valence-electron chi connectivity index (χ1n) is 7.39. The Morgan fingerprint density at radius 3 is 2.50 bits per heavy atom. The lowest BCUT2D eigenvalue weighted by atomic mass is 10.0. The Balaban J connectivity index is 2.53. The fourth-order valence-corrected chi connectivity index (χ4v) is 2.80. The van der Waals surface area contributed by atoms with E-state index in [0.717, 1.165) is 36.9 Å². The molecule has 0 aliphatic rings. The molecule has 0 amide bonds. The summed E-state index contributed by atoms with van der Waals surface area (Å²) >= 11 is 3.64. The molecular formula is C16H27BrN2O. The number of hydrogen-bond donors (Lipinski definition) is 2. The van der Waals surface area contributed by atoms with E-state index >= 15 is 0 Å². The third-order valence-corrected chi connectivity index (χ3v) is 4.18. The minimum absolute atomic E-state index is 0.217. The molecule has 0 aromatic heterocycles. The summed E-state index contributed by atoms with van der Waals surface area (Å²) in [7, 11) is 2.12. The predicted octanol–water partition coefficient (Wildman–Crippen LogP) is 3.19. The number of aliphatic hydroxyl groups excluding tert-OH is 1. The van der Waals surface area contributed by atoms with Gasteiger partial charge in [-0.3, -0.25) is 0 Å².